The summed E-state index contributed by atoms with van der Waals surface area (Å²) in [6.07, 6.45) is 2.98. The van der Waals surface area contributed by atoms with Gasteiger partial charge in [0, 0.05) is 19.5 Å². The summed E-state index contributed by atoms with van der Waals surface area (Å²) in [5, 5.41) is 3.40. The quantitative estimate of drug-likeness (QED) is 0.817. The molecule has 1 saturated heterocycles. The van der Waals surface area contributed by atoms with Crippen molar-refractivity contribution in [2.24, 2.45) is 11.3 Å². The predicted molar refractivity (Wildman–Crippen MR) is 71.9 cm³/mol. The van der Waals surface area contributed by atoms with Gasteiger partial charge in [-0.3, -0.25) is 4.79 Å². The maximum absolute atomic E-state index is 12.0. The fourth-order valence-corrected chi connectivity index (χ4v) is 2.30. The first-order valence-electron chi connectivity index (χ1n) is 6.91. The van der Waals surface area contributed by atoms with Crippen LogP contribution in [-0.4, -0.2) is 37.0 Å². The fraction of sp³-hybridized carbons (Fsp3) is 0.929. The molecule has 1 N–H and O–H groups in total. The number of amides is 1. The molecule has 0 unspecified atom stereocenters. The van der Waals surface area contributed by atoms with Gasteiger partial charge in [0.1, 0.15) is 0 Å². The average Bonchev–Trinajstić information content (AvgIpc) is 2.24. The Bertz CT molecular complexity index is 237. The van der Waals surface area contributed by atoms with Crippen molar-refractivity contribution in [3.05, 3.63) is 0 Å². The van der Waals surface area contributed by atoms with Gasteiger partial charge >= 0.3 is 0 Å². The Balaban J connectivity index is 2.29. The summed E-state index contributed by atoms with van der Waals surface area (Å²) in [5.74, 6) is 1.09. The third-order valence-electron chi connectivity index (χ3n) is 3.33. The van der Waals surface area contributed by atoms with E-state index in [-0.39, 0.29) is 5.41 Å². The van der Waals surface area contributed by atoms with Crippen LogP contribution in [0, 0.1) is 11.3 Å². The van der Waals surface area contributed by atoms with Gasteiger partial charge in [0.2, 0.25) is 5.91 Å². The lowest BCUT2D eigenvalue weighted by atomic mass is 9.90. The van der Waals surface area contributed by atoms with Gasteiger partial charge in [-0.1, -0.05) is 27.7 Å². The second-order valence-corrected chi connectivity index (χ2v) is 6.37. The summed E-state index contributed by atoms with van der Waals surface area (Å²) < 4.78 is 0. The molecule has 1 fully saturated rings. The van der Waals surface area contributed by atoms with Crippen molar-refractivity contribution in [1.82, 2.24) is 10.2 Å². The van der Waals surface area contributed by atoms with Crippen molar-refractivity contribution in [3.8, 4) is 0 Å². The molecule has 0 aromatic heterocycles. The van der Waals surface area contributed by atoms with Gasteiger partial charge in [-0.2, -0.15) is 0 Å². The Kier molecular flexibility index (Phi) is 5.44. The fourth-order valence-electron chi connectivity index (χ4n) is 2.30. The highest BCUT2D eigenvalue weighted by Crippen LogP contribution is 2.23. The number of likely N-dealkylation sites (tertiary alicyclic amines) is 1. The minimum atomic E-state index is 0.109. The molecule has 0 aromatic rings. The molecular weight excluding hydrogens is 212 g/mol. The van der Waals surface area contributed by atoms with Crippen LogP contribution in [0.2, 0.25) is 0 Å². The molecule has 3 heteroatoms. The largest absolute Gasteiger partial charge is 0.343 e. The molecule has 0 atom stereocenters. The molecule has 1 amide bonds. The Labute approximate surface area is 106 Å². The number of hydrogen-bond acceptors (Lipinski definition) is 2. The topological polar surface area (TPSA) is 32.3 Å². The maximum Gasteiger partial charge on any atom is 0.223 e. The summed E-state index contributed by atoms with van der Waals surface area (Å²) in [6.45, 7) is 12.6. The van der Waals surface area contributed by atoms with Crippen LogP contribution < -0.4 is 5.32 Å². The lowest BCUT2D eigenvalue weighted by Gasteiger charge is -2.33. The molecule has 0 saturated carbocycles. The van der Waals surface area contributed by atoms with Gasteiger partial charge in [0.05, 0.1) is 0 Å². The Hall–Kier alpha value is -0.570. The summed E-state index contributed by atoms with van der Waals surface area (Å²) in [7, 11) is 0. The number of carbonyl (C=O) groups excluding carboxylic acids is 1. The number of nitrogens with one attached hydrogen (secondary N) is 1. The van der Waals surface area contributed by atoms with Gasteiger partial charge in [0.25, 0.3) is 0 Å². The van der Waals surface area contributed by atoms with E-state index in [9.17, 15) is 4.79 Å². The second-order valence-electron chi connectivity index (χ2n) is 6.37. The van der Waals surface area contributed by atoms with Crippen molar-refractivity contribution in [2.45, 2.75) is 47.0 Å². The lowest BCUT2D eigenvalue weighted by molar-refractivity contribution is -0.134. The van der Waals surface area contributed by atoms with Crippen molar-refractivity contribution < 1.29 is 4.79 Å². The molecule has 1 heterocycles. The summed E-state index contributed by atoms with van der Waals surface area (Å²) >= 11 is 0. The Morgan fingerprint density at radius 2 is 1.88 bits per heavy atom. The van der Waals surface area contributed by atoms with E-state index in [1.165, 1.54) is 0 Å². The zero-order chi connectivity index (χ0) is 12.9. The van der Waals surface area contributed by atoms with Gasteiger partial charge in [-0.05, 0) is 37.3 Å². The molecule has 1 aliphatic heterocycles. The summed E-state index contributed by atoms with van der Waals surface area (Å²) in [6, 6.07) is 0. The number of piperidine rings is 1. The van der Waals surface area contributed by atoms with Gasteiger partial charge < -0.3 is 10.2 Å². The highest BCUT2D eigenvalue weighted by molar-refractivity contribution is 5.76. The normalized spacial score (nSPS) is 18.5. The Morgan fingerprint density at radius 1 is 1.29 bits per heavy atom. The van der Waals surface area contributed by atoms with Crippen LogP contribution in [-0.2, 0) is 4.79 Å². The van der Waals surface area contributed by atoms with Crippen molar-refractivity contribution in [3.63, 3.8) is 0 Å². The number of rotatable bonds is 4. The first-order chi connectivity index (χ1) is 7.92. The highest BCUT2D eigenvalue weighted by Gasteiger charge is 2.25. The van der Waals surface area contributed by atoms with Crippen LogP contribution in [0.4, 0.5) is 0 Å². The Morgan fingerprint density at radius 3 is 2.35 bits per heavy atom. The van der Waals surface area contributed by atoms with E-state index in [4.69, 9.17) is 0 Å². The van der Waals surface area contributed by atoms with Crippen molar-refractivity contribution >= 4 is 5.91 Å². The maximum atomic E-state index is 12.0. The molecule has 0 aromatic carbocycles. The smallest absolute Gasteiger partial charge is 0.223 e. The zero-order valence-electron chi connectivity index (χ0n) is 11.9. The van der Waals surface area contributed by atoms with Crippen LogP contribution in [0.3, 0.4) is 0 Å². The van der Waals surface area contributed by atoms with E-state index in [1.807, 2.05) is 4.90 Å². The molecule has 0 radical (unpaired) electrons. The van der Waals surface area contributed by atoms with E-state index >= 15 is 0 Å². The van der Waals surface area contributed by atoms with E-state index in [2.05, 4.69) is 33.0 Å². The van der Waals surface area contributed by atoms with E-state index < -0.39 is 0 Å². The molecule has 0 bridgehead atoms. The van der Waals surface area contributed by atoms with E-state index in [0.29, 0.717) is 12.3 Å². The van der Waals surface area contributed by atoms with Crippen LogP contribution in [0.1, 0.15) is 47.0 Å². The van der Waals surface area contributed by atoms with Gasteiger partial charge in [-0.15, -0.1) is 0 Å². The van der Waals surface area contributed by atoms with Crippen LogP contribution >= 0.6 is 0 Å². The standard InChI is InChI=1S/C14H28N2O/c1-5-15-11-12-6-8-16(9-7-12)13(17)10-14(2,3)4/h12,15H,5-11H2,1-4H3. The zero-order valence-corrected chi connectivity index (χ0v) is 11.9. The summed E-state index contributed by atoms with van der Waals surface area (Å²) in [4.78, 5) is 14.1. The predicted octanol–water partition coefficient (Wildman–Crippen LogP) is 2.27. The number of hydrogen-bond donors (Lipinski definition) is 1. The molecule has 1 rings (SSSR count). The monoisotopic (exact) mass is 240 g/mol. The first-order valence-corrected chi connectivity index (χ1v) is 6.91. The molecule has 0 spiro atoms. The minimum Gasteiger partial charge on any atom is -0.343 e. The molecule has 17 heavy (non-hydrogen) atoms. The van der Waals surface area contributed by atoms with E-state index in [1.54, 1.807) is 0 Å². The summed E-state index contributed by atoms with van der Waals surface area (Å²) in [5.41, 5.74) is 0.109. The second kappa shape index (κ2) is 6.39. The van der Waals surface area contributed by atoms with Crippen molar-refractivity contribution in [1.29, 1.82) is 0 Å². The van der Waals surface area contributed by atoms with Gasteiger partial charge in [-0.25, -0.2) is 0 Å². The number of nitrogens with zero attached hydrogens (tertiary/aromatic N) is 1. The SMILES string of the molecule is CCNCC1CCN(C(=O)CC(C)(C)C)CC1. The van der Waals surface area contributed by atoms with E-state index in [0.717, 1.165) is 44.9 Å². The van der Waals surface area contributed by atoms with Crippen LogP contribution in [0.5, 0.6) is 0 Å². The lowest BCUT2D eigenvalue weighted by Crippen LogP contribution is -2.41. The van der Waals surface area contributed by atoms with Crippen LogP contribution in [0.25, 0.3) is 0 Å². The molecule has 1 aliphatic rings. The third kappa shape index (κ3) is 5.53. The molecular formula is C14H28N2O. The van der Waals surface area contributed by atoms with Crippen LogP contribution in [0.15, 0.2) is 0 Å². The average molecular weight is 240 g/mol. The molecule has 0 aliphatic carbocycles. The van der Waals surface area contributed by atoms with Gasteiger partial charge in [0.15, 0.2) is 0 Å². The molecule has 100 valence electrons. The molecule has 3 nitrogen and oxygen atoms in total. The third-order valence-corrected chi connectivity index (χ3v) is 3.33. The minimum absolute atomic E-state index is 0.109. The highest BCUT2D eigenvalue weighted by atomic mass is 16.2. The first kappa shape index (κ1) is 14.5. The van der Waals surface area contributed by atoms with Crippen molar-refractivity contribution in [2.75, 3.05) is 26.2 Å². The number of carbonyl (C=O) groups is 1.